The highest BCUT2D eigenvalue weighted by Gasteiger charge is 2.23. The summed E-state index contributed by atoms with van der Waals surface area (Å²) < 4.78 is 1.14. The third kappa shape index (κ3) is 3.15. The van der Waals surface area contributed by atoms with Crippen molar-refractivity contribution in [2.24, 2.45) is 0 Å². The summed E-state index contributed by atoms with van der Waals surface area (Å²) in [6.45, 7) is 7.36. The smallest absolute Gasteiger partial charge is 0.0603 e. The minimum atomic E-state index is 0.00874. The van der Waals surface area contributed by atoms with Gasteiger partial charge in [0.25, 0.3) is 0 Å². The molecule has 20 heavy (non-hydrogen) atoms. The Bertz CT molecular complexity index is 585. The molecule has 0 aromatic heterocycles. The van der Waals surface area contributed by atoms with Crippen LogP contribution in [0.5, 0.6) is 0 Å². The Balaban J connectivity index is 2.20. The summed E-state index contributed by atoms with van der Waals surface area (Å²) in [7, 11) is 0. The zero-order valence-corrected chi connectivity index (χ0v) is 13.8. The molecule has 0 aliphatic rings. The number of rotatable bonds is 4. The van der Waals surface area contributed by atoms with Crippen LogP contribution >= 0.6 is 15.9 Å². The van der Waals surface area contributed by atoms with Crippen molar-refractivity contribution >= 4 is 27.3 Å². The third-order valence-electron chi connectivity index (χ3n) is 3.62. The topological polar surface area (TPSA) is 38.0 Å². The number of hydrogen-bond donors (Lipinski definition) is 2. The van der Waals surface area contributed by atoms with Crippen LogP contribution in [0, 0.1) is 6.92 Å². The molecule has 0 heterocycles. The summed E-state index contributed by atoms with van der Waals surface area (Å²) in [6.07, 6.45) is 0. The summed E-state index contributed by atoms with van der Waals surface area (Å²) in [5.74, 6) is 0. The molecule has 2 nitrogen and oxygen atoms in total. The summed E-state index contributed by atoms with van der Waals surface area (Å²) in [6, 6.07) is 14.3. The van der Waals surface area contributed by atoms with Gasteiger partial charge < -0.3 is 11.1 Å². The molecule has 0 amide bonds. The maximum atomic E-state index is 6.05. The fourth-order valence-electron chi connectivity index (χ4n) is 2.35. The Morgan fingerprint density at radius 2 is 1.80 bits per heavy atom. The Morgan fingerprint density at radius 3 is 2.45 bits per heavy atom. The average molecular weight is 333 g/mol. The van der Waals surface area contributed by atoms with E-state index in [0.717, 1.165) is 22.4 Å². The lowest BCUT2D eigenvalue weighted by atomic mass is 9.84. The predicted octanol–water partition coefficient (Wildman–Crippen LogP) is 4.73. The van der Waals surface area contributed by atoms with Crippen LogP contribution < -0.4 is 11.1 Å². The molecule has 2 aromatic carbocycles. The van der Waals surface area contributed by atoms with E-state index in [1.807, 2.05) is 18.2 Å². The number of benzene rings is 2. The first kappa shape index (κ1) is 14.9. The first-order chi connectivity index (χ1) is 9.42. The lowest BCUT2D eigenvalue weighted by Crippen LogP contribution is -2.28. The van der Waals surface area contributed by atoms with E-state index in [2.05, 4.69) is 66.3 Å². The van der Waals surface area contributed by atoms with E-state index in [-0.39, 0.29) is 5.41 Å². The molecule has 0 bridgehead atoms. The fraction of sp³-hybridized carbons (Fsp3) is 0.294. The molecular weight excluding hydrogens is 312 g/mol. The van der Waals surface area contributed by atoms with Crippen LogP contribution in [-0.2, 0) is 5.41 Å². The van der Waals surface area contributed by atoms with Gasteiger partial charge in [0, 0.05) is 16.4 Å². The minimum absolute atomic E-state index is 0.00874. The van der Waals surface area contributed by atoms with Crippen LogP contribution in [0.1, 0.15) is 25.0 Å². The quantitative estimate of drug-likeness (QED) is 0.794. The maximum Gasteiger partial charge on any atom is 0.0603 e. The third-order valence-corrected chi connectivity index (χ3v) is 4.31. The second-order valence-corrected chi connectivity index (χ2v) is 6.61. The Hall–Kier alpha value is -1.48. The van der Waals surface area contributed by atoms with Crippen LogP contribution in [0.15, 0.2) is 46.9 Å². The highest BCUT2D eigenvalue weighted by Crippen LogP contribution is 2.31. The predicted molar refractivity (Wildman–Crippen MR) is 91.2 cm³/mol. The molecule has 0 aliphatic carbocycles. The van der Waals surface area contributed by atoms with Gasteiger partial charge >= 0.3 is 0 Å². The number of nitrogen functional groups attached to an aromatic ring is 1. The number of hydrogen-bond acceptors (Lipinski definition) is 2. The summed E-state index contributed by atoms with van der Waals surface area (Å²) in [5.41, 5.74) is 10.4. The molecule has 0 spiro atoms. The monoisotopic (exact) mass is 332 g/mol. The van der Waals surface area contributed by atoms with E-state index >= 15 is 0 Å². The average Bonchev–Trinajstić information content (AvgIpc) is 2.38. The molecule has 0 saturated carbocycles. The van der Waals surface area contributed by atoms with Crippen molar-refractivity contribution in [3.63, 3.8) is 0 Å². The van der Waals surface area contributed by atoms with E-state index < -0.39 is 0 Å². The van der Waals surface area contributed by atoms with Crippen LogP contribution in [0.25, 0.3) is 0 Å². The molecule has 2 aromatic rings. The molecule has 2 rings (SSSR count). The first-order valence-corrected chi connectivity index (χ1v) is 7.55. The number of aryl methyl sites for hydroxylation is 1. The zero-order chi connectivity index (χ0) is 14.8. The maximum absolute atomic E-state index is 6.05. The van der Waals surface area contributed by atoms with Gasteiger partial charge in [-0.3, -0.25) is 0 Å². The SMILES string of the molecule is Cc1cccc(N)c1NCC(C)(C)c1ccccc1Br. The zero-order valence-electron chi connectivity index (χ0n) is 12.2. The van der Waals surface area contributed by atoms with Gasteiger partial charge in [-0.2, -0.15) is 0 Å². The van der Waals surface area contributed by atoms with Crippen LogP contribution in [0.3, 0.4) is 0 Å². The van der Waals surface area contributed by atoms with Crippen LogP contribution in [0.4, 0.5) is 11.4 Å². The lowest BCUT2D eigenvalue weighted by Gasteiger charge is -2.28. The van der Waals surface area contributed by atoms with Gasteiger partial charge in [-0.05, 0) is 30.2 Å². The largest absolute Gasteiger partial charge is 0.397 e. The molecular formula is C17H21BrN2. The Morgan fingerprint density at radius 1 is 1.10 bits per heavy atom. The second-order valence-electron chi connectivity index (χ2n) is 5.76. The normalized spacial score (nSPS) is 11.4. The molecule has 3 N–H and O–H groups in total. The molecule has 0 unspecified atom stereocenters. The molecule has 0 atom stereocenters. The van der Waals surface area contributed by atoms with Crippen molar-refractivity contribution in [3.05, 3.63) is 58.1 Å². The summed E-state index contributed by atoms with van der Waals surface area (Å²) in [4.78, 5) is 0. The van der Waals surface area contributed by atoms with E-state index in [0.29, 0.717) is 0 Å². The van der Waals surface area contributed by atoms with Crippen LogP contribution in [0.2, 0.25) is 0 Å². The molecule has 3 heteroatoms. The standard InChI is InChI=1S/C17H21BrN2/c1-12-7-6-10-15(19)16(12)20-11-17(2,3)13-8-4-5-9-14(13)18/h4-10,20H,11,19H2,1-3H3. The second kappa shape index (κ2) is 5.88. The van der Waals surface area contributed by atoms with Gasteiger partial charge in [0.15, 0.2) is 0 Å². The van der Waals surface area contributed by atoms with Gasteiger partial charge in [-0.15, -0.1) is 0 Å². The molecule has 0 fully saturated rings. The van der Waals surface area contributed by atoms with E-state index in [4.69, 9.17) is 5.73 Å². The van der Waals surface area contributed by atoms with Gasteiger partial charge in [0.05, 0.1) is 11.4 Å². The lowest BCUT2D eigenvalue weighted by molar-refractivity contribution is 0.554. The number of nitrogens with two attached hydrogens (primary N) is 1. The van der Waals surface area contributed by atoms with Crippen molar-refractivity contribution < 1.29 is 0 Å². The van der Waals surface area contributed by atoms with Crippen LogP contribution in [-0.4, -0.2) is 6.54 Å². The fourth-order valence-corrected chi connectivity index (χ4v) is 3.17. The van der Waals surface area contributed by atoms with Gasteiger partial charge in [0.2, 0.25) is 0 Å². The van der Waals surface area contributed by atoms with Gasteiger partial charge in [0.1, 0.15) is 0 Å². The molecule has 106 valence electrons. The number of halogens is 1. The van der Waals surface area contributed by atoms with E-state index in [9.17, 15) is 0 Å². The summed E-state index contributed by atoms with van der Waals surface area (Å²) >= 11 is 3.63. The highest BCUT2D eigenvalue weighted by atomic mass is 79.9. The van der Waals surface area contributed by atoms with E-state index in [1.165, 1.54) is 11.1 Å². The molecule has 0 aliphatic heterocycles. The van der Waals surface area contributed by atoms with Gasteiger partial charge in [-0.1, -0.05) is 60.1 Å². The minimum Gasteiger partial charge on any atom is -0.397 e. The van der Waals surface area contributed by atoms with Crippen molar-refractivity contribution in [2.45, 2.75) is 26.2 Å². The van der Waals surface area contributed by atoms with Crippen molar-refractivity contribution in [1.29, 1.82) is 0 Å². The van der Waals surface area contributed by atoms with Crippen molar-refractivity contribution in [3.8, 4) is 0 Å². The number of anilines is 2. The first-order valence-electron chi connectivity index (χ1n) is 6.76. The number of nitrogens with one attached hydrogen (secondary N) is 1. The molecule has 0 saturated heterocycles. The Kier molecular flexibility index (Phi) is 4.39. The Labute approximate surface area is 129 Å². The van der Waals surface area contributed by atoms with Crippen molar-refractivity contribution in [2.75, 3.05) is 17.6 Å². The highest BCUT2D eigenvalue weighted by molar-refractivity contribution is 9.10. The summed E-state index contributed by atoms with van der Waals surface area (Å²) in [5, 5.41) is 3.50. The number of para-hydroxylation sites is 1. The van der Waals surface area contributed by atoms with Crippen molar-refractivity contribution in [1.82, 2.24) is 0 Å². The molecule has 0 radical (unpaired) electrons. The van der Waals surface area contributed by atoms with E-state index in [1.54, 1.807) is 0 Å². The van der Waals surface area contributed by atoms with Gasteiger partial charge in [-0.25, -0.2) is 0 Å².